The number of anilines is 1. The summed E-state index contributed by atoms with van der Waals surface area (Å²) in [5.41, 5.74) is 3.19. The topological polar surface area (TPSA) is 45.2 Å². The SMILES string of the molecule is COc1ccc(C(=O)N2CC(CN3CCN(c4ccccc4)CC3)C(c3ccccc3OC)C2)cc1. The monoisotopic (exact) mass is 485 g/mol. The number of amides is 1. The number of benzene rings is 3. The number of likely N-dealkylation sites (tertiary alicyclic amines) is 1. The molecule has 36 heavy (non-hydrogen) atoms. The van der Waals surface area contributed by atoms with Crippen LogP contribution in [0.3, 0.4) is 0 Å². The molecule has 0 N–H and O–H groups in total. The molecule has 2 fully saturated rings. The number of methoxy groups -OCH3 is 2. The molecular formula is C30H35N3O3. The van der Waals surface area contributed by atoms with Crippen molar-refractivity contribution in [3.05, 3.63) is 90.0 Å². The number of hydrogen-bond donors (Lipinski definition) is 0. The Morgan fingerprint density at radius 2 is 1.50 bits per heavy atom. The predicted molar refractivity (Wildman–Crippen MR) is 143 cm³/mol. The third-order valence-corrected chi connectivity index (χ3v) is 7.59. The summed E-state index contributed by atoms with van der Waals surface area (Å²) >= 11 is 0. The van der Waals surface area contributed by atoms with Crippen molar-refractivity contribution >= 4 is 11.6 Å². The highest BCUT2D eigenvalue weighted by Crippen LogP contribution is 2.38. The van der Waals surface area contributed by atoms with E-state index in [1.165, 1.54) is 11.3 Å². The molecule has 0 aliphatic carbocycles. The van der Waals surface area contributed by atoms with Crippen molar-refractivity contribution < 1.29 is 14.3 Å². The van der Waals surface area contributed by atoms with E-state index in [0.717, 1.165) is 50.8 Å². The van der Waals surface area contributed by atoms with Gasteiger partial charge in [0.15, 0.2) is 0 Å². The lowest BCUT2D eigenvalue weighted by atomic mass is 9.87. The highest BCUT2D eigenvalue weighted by Gasteiger charge is 2.39. The Morgan fingerprint density at radius 3 is 2.19 bits per heavy atom. The van der Waals surface area contributed by atoms with E-state index in [-0.39, 0.29) is 11.8 Å². The number of hydrogen-bond acceptors (Lipinski definition) is 5. The lowest BCUT2D eigenvalue weighted by Gasteiger charge is -2.38. The molecule has 0 radical (unpaired) electrons. The van der Waals surface area contributed by atoms with Crippen molar-refractivity contribution in [2.45, 2.75) is 5.92 Å². The molecule has 2 atom stereocenters. The van der Waals surface area contributed by atoms with Gasteiger partial charge in [-0.1, -0.05) is 36.4 Å². The van der Waals surface area contributed by atoms with Gasteiger partial charge in [-0.2, -0.15) is 0 Å². The van der Waals surface area contributed by atoms with Crippen LogP contribution in [-0.4, -0.2) is 75.7 Å². The van der Waals surface area contributed by atoms with Crippen molar-refractivity contribution in [1.82, 2.24) is 9.80 Å². The fourth-order valence-electron chi connectivity index (χ4n) is 5.62. The molecule has 2 heterocycles. The molecule has 3 aromatic carbocycles. The van der Waals surface area contributed by atoms with Crippen LogP contribution in [0, 0.1) is 5.92 Å². The summed E-state index contributed by atoms with van der Waals surface area (Å²) in [7, 11) is 3.37. The van der Waals surface area contributed by atoms with Gasteiger partial charge in [-0.05, 0) is 53.9 Å². The van der Waals surface area contributed by atoms with Crippen LogP contribution in [0.2, 0.25) is 0 Å². The lowest BCUT2D eigenvalue weighted by molar-refractivity contribution is 0.0782. The van der Waals surface area contributed by atoms with Crippen molar-refractivity contribution in [3.63, 3.8) is 0 Å². The summed E-state index contributed by atoms with van der Waals surface area (Å²) in [4.78, 5) is 20.5. The van der Waals surface area contributed by atoms with Crippen molar-refractivity contribution in [2.24, 2.45) is 5.92 Å². The van der Waals surface area contributed by atoms with Crippen LogP contribution in [-0.2, 0) is 0 Å². The number of carbonyl (C=O) groups is 1. The molecule has 2 aliphatic rings. The van der Waals surface area contributed by atoms with Gasteiger partial charge in [-0.3, -0.25) is 9.69 Å². The van der Waals surface area contributed by atoms with Gasteiger partial charge in [0.25, 0.3) is 5.91 Å². The van der Waals surface area contributed by atoms with E-state index in [0.29, 0.717) is 18.0 Å². The molecule has 6 nitrogen and oxygen atoms in total. The van der Waals surface area contributed by atoms with Crippen LogP contribution in [0.5, 0.6) is 11.5 Å². The highest BCUT2D eigenvalue weighted by molar-refractivity contribution is 5.94. The van der Waals surface area contributed by atoms with Gasteiger partial charge in [-0.25, -0.2) is 0 Å². The fraction of sp³-hybridized carbons (Fsp3) is 0.367. The summed E-state index contributed by atoms with van der Waals surface area (Å²) in [6.45, 7) is 6.49. The number of carbonyl (C=O) groups excluding carboxylic acids is 1. The summed E-state index contributed by atoms with van der Waals surface area (Å²) in [5, 5.41) is 0. The minimum Gasteiger partial charge on any atom is -0.497 e. The summed E-state index contributed by atoms with van der Waals surface area (Å²) < 4.78 is 11.0. The third-order valence-electron chi connectivity index (χ3n) is 7.59. The number of para-hydroxylation sites is 2. The first-order valence-electron chi connectivity index (χ1n) is 12.7. The summed E-state index contributed by atoms with van der Waals surface area (Å²) in [5.74, 6) is 2.31. The molecule has 1 amide bonds. The fourth-order valence-corrected chi connectivity index (χ4v) is 5.62. The van der Waals surface area contributed by atoms with Crippen LogP contribution in [0.15, 0.2) is 78.9 Å². The van der Waals surface area contributed by atoms with Crippen LogP contribution in [0.25, 0.3) is 0 Å². The molecule has 3 aromatic rings. The molecule has 5 rings (SSSR count). The van der Waals surface area contributed by atoms with Crippen molar-refractivity contribution in [3.8, 4) is 11.5 Å². The highest BCUT2D eigenvalue weighted by atomic mass is 16.5. The van der Waals surface area contributed by atoms with E-state index in [1.807, 2.05) is 41.3 Å². The number of ether oxygens (including phenoxy) is 2. The third kappa shape index (κ3) is 5.19. The van der Waals surface area contributed by atoms with E-state index >= 15 is 0 Å². The zero-order chi connectivity index (χ0) is 24.9. The first-order valence-corrected chi connectivity index (χ1v) is 12.7. The van der Waals surface area contributed by atoms with Crippen LogP contribution < -0.4 is 14.4 Å². The van der Waals surface area contributed by atoms with Gasteiger partial charge >= 0.3 is 0 Å². The molecule has 0 bridgehead atoms. The molecular weight excluding hydrogens is 450 g/mol. The van der Waals surface area contributed by atoms with Gasteiger partial charge in [0.2, 0.25) is 0 Å². The van der Waals surface area contributed by atoms with Gasteiger partial charge in [0.1, 0.15) is 11.5 Å². The molecule has 0 saturated carbocycles. The predicted octanol–water partition coefficient (Wildman–Crippen LogP) is 4.38. The van der Waals surface area contributed by atoms with E-state index in [1.54, 1.807) is 14.2 Å². The lowest BCUT2D eigenvalue weighted by Crippen LogP contribution is -2.48. The molecule has 2 unspecified atom stereocenters. The maximum absolute atomic E-state index is 13.4. The second-order valence-corrected chi connectivity index (χ2v) is 9.67. The Labute approximate surface area is 214 Å². The van der Waals surface area contributed by atoms with E-state index in [4.69, 9.17) is 9.47 Å². The van der Waals surface area contributed by atoms with E-state index < -0.39 is 0 Å². The van der Waals surface area contributed by atoms with Gasteiger partial charge < -0.3 is 19.3 Å². The van der Waals surface area contributed by atoms with Crippen molar-refractivity contribution in [2.75, 3.05) is 64.9 Å². The maximum atomic E-state index is 13.4. The number of nitrogens with zero attached hydrogens (tertiary/aromatic N) is 3. The first-order chi connectivity index (χ1) is 17.7. The van der Waals surface area contributed by atoms with Gasteiger partial charge in [-0.15, -0.1) is 0 Å². The minimum atomic E-state index is 0.0777. The number of piperazine rings is 1. The Kier molecular flexibility index (Phi) is 7.42. The molecule has 2 aliphatic heterocycles. The van der Waals surface area contributed by atoms with E-state index in [2.05, 4.69) is 52.3 Å². The van der Waals surface area contributed by atoms with Gasteiger partial charge in [0, 0.05) is 63.0 Å². The largest absolute Gasteiger partial charge is 0.497 e. The zero-order valence-electron chi connectivity index (χ0n) is 21.2. The second kappa shape index (κ2) is 11.0. The Hall–Kier alpha value is -3.51. The molecule has 0 aromatic heterocycles. The molecule has 6 heteroatoms. The normalized spacial score (nSPS) is 20.4. The van der Waals surface area contributed by atoms with Crippen LogP contribution in [0.4, 0.5) is 5.69 Å². The van der Waals surface area contributed by atoms with Gasteiger partial charge in [0.05, 0.1) is 14.2 Å². The Balaban J connectivity index is 1.31. The molecule has 188 valence electrons. The van der Waals surface area contributed by atoms with Crippen LogP contribution in [0.1, 0.15) is 21.8 Å². The van der Waals surface area contributed by atoms with Crippen molar-refractivity contribution in [1.29, 1.82) is 0 Å². The van der Waals surface area contributed by atoms with Crippen LogP contribution >= 0.6 is 0 Å². The maximum Gasteiger partial charge on any atom is 0.253 e. The van der Waals surface area contributed by atoms with E-state index in [9.17, 15) is 4.79 Å². The average molecular weight is 486 g/mol. The minimum absolute atomic E-state index is 0.0777. The first kappa shape index (κ1) is 24.2. The Bertz CT molecular complexity index is 1140. The zero-order valence-corrected chi connectivity index (χ0v) is 21.2. The second-order valence-electron chi connectivity index (χ2n) is 9.67. The smallest absolute Gasteiger partial charge is 0.253 e. The molecule has 0 spiro atoms. The summed E-state index contributed by atoms with van der Waals surface area (Å²) in [6.07, 6.45) is 0. The quantitative estimate of drug-likeness (QED) is 0.497. The summed E-state index contributed by atoms with van der Waals surface area (Å²) in [6, 6.07) is 26.3. The number of rotatable bonds is 7. The Morgan fingerprint density at radius 1 is 0.806 bits per heavy atom. The standard InChI is InChI=1S/C30H35N3O3/c1-35-26-14-12-23(13-15-26)30(34)33-21-24(28(22-33)27-10-6-7-11-29(27)36-2)20-31-16-18-32(19-17-31)25-8-4-3-5-9-25/h3-15,24,28H,16-22H2,1-2H3. The molecule has 2 saturated heterocycles. The average Bonchev–Trinajstić information content (AvgIpc) is 3.37.